The number of likely N-dealkylation sites (N-methyl/N-ethyl adjacent to an activating group) is 1. The van der Waals surface area contributed by atoms with Gasteiger partial charge in [0.05, 0.1) is 13.2 Å². The van der Waals surface area contributed by atoms with Crippen LogP contribution in [-0.4, -0.2) is 45.8 Å². The van der Waals surface area contributed by atoms with E-state index < -0.39 is 0 Å². The molecule has 1 heterocycles. The van der Waals surface area contributed by atoms with Gasteiger partial charge in [0, 0.05) is 30.8 Å². The number of benzene rings is 1. The molecule has 1 fully saturated rings. The first kappa shape index (κ1) is 15.1. The Morgan fingerprint density at radius 3 is 3.00 bits per heavy atom. The van der Waals surface area contributed by atoms with E-state index in [2.05, 4.69) is 15.5 Å². The Morgan fingerprint density at radius 2 is 2.30 bits per heavy atom. The van der Waals surface area contributed by atoms with Crippen LogP contribution in [0.1, 0.15) is 5.56 Å². The summed E-state index contributed by atoms with van der Waals surface area (Å²) in [6.45, 7) is 2.42. The summed E-state index contributed by atoms with van der Waals surface area (Å²) >= 11 is 6.07. The molecule has 0 radical (unpaired) electrons. The van der Waals surface area contributed by atoms with Crippen LogP contribution in [-0.2, 0) is 16.1 Å². The highest BCUT2D eigenvalue weighted by Crippen LogP contribution is 2.27. The fourth-order valence-corrected chi connectivity index (χ4v) is 2.64. The summed E-state index contributed by atoms with van der Waals surface area (Å²) in [5.74, 6) is -0.0324. The fourth-order valence-electron chi connectivity index (χ4n) is 2.44. The third kappa shape index (κ3) is 3.23. The van der Waals surface area contributed by atoms with Gasteiger partial charge < -0.3 is 20.3 Å². The Labute approximate surface area is 124 Å². The second-order valence-electron chi connectivity index (χ2n) is 4.70. The van der Waals surface area contributed by atoms with Crippen LogP contribution >= 0.6 is 11.6 Å². The third-order valence-corrected chi connectivity index (χ3v) is 3.63. The van der Waals surface area contributed by atoms with E-state index in [-0.39, 0.29) is 11.9 Å². The Balaban J connectivity index is 2.34. The van der Waals surface area contributed by atoms with Crippen LogP contribution in [0.15, 0.2) is 18.2 Å². The number of hydrogen-bond acceptors (Lipinski definition) is 4. The molecule has 0 aromatic heterocycles. The molecule has 1 aliphatic heterocycles. The number of morpholine rings is 1. The first-order chi connectivity index (χ1) is 9.67. The van der Waals surface area contributed by atoms with Crippen molar-refractivity contribution >= 4 is 23.2 Å². The molecule has 2 rings (SSSR count). The smallest absolute Gasteiger partial charge is 0.244 e. The van der Waals surface area contributed by atoms with Crippen LogP contribution in [0.2, 0.25) is 5.02 Å². The van der Waals surface area contributed by atoms with Gasteiger partial charge in [-0.2, -0.15) is 0 Å². The van der Waals surface area contributed by atoms with Gasteiger partial charge in [-0.15, -0.1) is 0 Å². The number of ether oxygens (including phenoxy) is 1. The van der Waals surface area contributed by atoms with Crippen molar-refractivity contribution < 1.29 is 9.53 Å². The van der Waals surface area contributed by atoms with Gasteiger partial charge in [-0.3, -0.25) is 4.79 Å². The van der Waals surface area contributed by atoms with Crippen LogP contribution in [0.25, 0.3) is 0 Å². The van der Waals surface area contributed by atoms with Gasteiger partial charge in [0.1, 0.15) is 6.04 Å². The molecule has 1 aliphatic rings. The fraction of sp³-hybridized carbons (Fsp3) is 0.500. The van der Waals surface area contributed by atoms with E-state index in [1.54, 1.807) is 7.05 Å². The van der Waals surface area contributed by atoms with Gasteiger partial charge >= 0.3 is 0 Å². The minimum Gasteiger partial charge on any atom is -0.377 e. The van der Waals surface area contributed by atoms with Crippen molar-refractivity contribution in [3.05, 3.63) is 28.8 Å². The van der Waals surface area contributed by atoms with Crippen LogP contribution < -0.4 is 15.5 Å². The topological polar surface area (TPSA) is 53.6 Å². The molecule has 6 heteroatoms. The van der Waals surface area contributed by atoms with Crippen molar-refractivity contribution in [1.82, 2.24) is 10.6 Å². The van der Waals surface area contributed by atoms with Crippen molar-refractivity contribution in [3.63, 3.8) is 0 Å². The molecule has 2 N–H and O–H groups in total. The van der Waals surface area contributed by atoms with Crippen molar-refractivity contribution in [2.24, 2.45) is 0 Å². The van der Waals surface area contributed by atoms with Gasteiger partial charge in [-0.1, -0.05) is 11.6 Å². The highest BCUT2D eigenvalue weighted by atomic mass is 35.5. The molecule has 1 aromatic rings. The predicted molar refractivity (Wildman–Crippen MR) is 80.2 cm³/mol. The first-order valence-corrected chi connectivity index (χ1v) is 7.04. The lowest BCUT2D eigenvalue weighted by atomic mass is 10.1. The second-order valence-corrected chi connectivity index (χ2v) is 5.14. The van der Waals surface area contributed by atoms with Gasteiger partial charge in [-0.05, 0) is 30.8 Å². The molecule has 1 saturated heterocycles. The Bertz CT molecular complexity index is 481. The average Bonchev–Trinajstić information content (AvgIpc) is 2.47. The minimum atomic E-state index is -0.300. The lowest BCUT2D eigenvalue weighted by Gasteiger charge is -2.37. The zero-order valence-electron chi connectivity index (χ0n) is 11.8. The van der Waals surface area contributed by atoms with Crippen molar-refractivity contribution in [2.75, 3.05) is 38.8 Å². The molecule has 1 unspecified atom stereocenters. The van der Waals surface area contributed by atoms with Crippen LogP contribution in [0.3, 0.4) is 0 Å². The predicted octanol–water partition coefficient (Wildman–Crippen LogP) is 1.01. The van der Waals surface area contributed by atoms with Crippen molar-refractivity contribution in [1.29, 1.82) is 0 Å². The third-order valence-electron chi connectivity index (χ3n) is 3.40. The van der Waals surface area contributed by atoms with Crippen molar-refractivity contribution in [3.8, 4) is 0 Å². The molecule has 1 aromatic carbocycles. The maximum Gasteiger partial charge on any atom is 0.244 e. The van der Waals surface area contributed by atoms with E-state index in [1.165, 1.54) is 0 Å². The normalized spacial score (nSPS) is 18.9. The highest BCUT2D eigenvalue weighted by molar-refractivity contribution is 6.30. The Morgan fingerprint density at radius 1 is 1.50 bits per heavy atom. The van der Waals surface area contributed by atoms with E-state index in [4.69, 9.17) is 16.3 Å². The molecule has 0 bridgehead atoms. The second kappa shape index (κ2) is 6.92. The number of hydrogen-bond donors (Lipinski definition) is 2. The molecule has 1 amide bonds. The molecule has 20 heavy (non-hydrogen) atoms. The zero-order valence-corrected chi connectivity index (χ0v) is 12.5. The Hall–Kier alpha value is -1.30. The monoisotopic (exact) mass is 297 g/mol. The summed E-state index contributed by atoms with van der Waals surface area (Å²) in [4.78, 5) is 14.1. The first-order valence-electron chi connectivity index (χ1n) is 6.66. The maximum atomic E-state index is 12.0. The average molecular weight is 298 g/mol. The number of halogens is 1. The van der Waals surface area contributed by atoms with Gasteiger partial charge in [0.15, 0.2) is 0 Å². The summed E-state index contributed by atoms with van der Waals surface area (Å²) in [5, 5.41) is 6.52. The molecule has 110 valence electrons. The lowest BCUT2D eigenvalue weighted by molar-refractivity contribution is -0.124. The zero-order chi connectivity index (χ0) is 14.5. The molecular formula is C14H20ClN3O2. The Kier molecular flexibility index (Phi) is 5.23. The molecule has 0 saturated carbocycles. The summed E-state index contributed by atoms with van der Waals surface area (Å²) in [7, 11) is 3.53. The van der Waals surface area contributed by atoms with E-state index >= 15 is 0 Å². The summed E-state index contributed by atoms with van der Waals surface area (Å²) in [5.41, 5.74) is 2.11. The SMILES string of the molecule is CNCc1cc(Cl)ccc1N1CCOCC1C(=O)NC. The highest BCUT2D eigenvalue weighted by Gasteiger charge is 2.30. The number of carbonyl (C=O) groups is 1. The molecule has 0 spiro atoms. The molecular weight excluding hydrogens is 278 g/mol. The van der Waals surface area contributed by atoms with E-state index in [0.717, 1.165) is 11.3 Å². The van der Waals surface area contributed by atoms with E-state index in [0.29, 0.717) is 31.3 Å². The number of nitrogens with zero attached hydrogens (tertiary/aromatic N) is 1. The number of nitrogens with one attached hydrogen (secondary N) is 2. The number of rotatable bonds is 4. The van der Waals surface area contributed by atoms with E-state index in [1.807, 2.05) is 25.2 Å². The molecule has 5 nitrogen and oxygen atoms in total. The van der Waals surface area contributed by atoms with Crippen LogP contribution in [0.5, 0.6) is 0 Å². The minimum absolute atomic E-state index is 0.0324. The number of anilines is 1. The molecule has 0 aliphatic carbocycles. The van der Waals surface area contributed by atoms with E-state index in [9.17, 15) is 4.79 Å². The van der Waals surface area contributed by atoms with Crippen LogP contribution in [0, 0.1) is 0 Å². The largest absolute Gasteiger partial charge is 0.377 e. The van der Waals surface area contributed by atoms with Gasteiger partial charge in [-0.25, -0.2) is 0 Å². The maximum absolute atomic E-state index is 12.0. The van der Waals surface area contributed by atoms with Gasteiger partial charge in [0.25, 0.3) is 0 Å². The summed E-state index contributed by atoms with van der Waals surface area (Å²) < 4.78 is 5.44. The summed E-state index contributed by atoms with van der Waals surface area (Å²) in [6.07, 6.45) is 0. The number of carbonyl (C=O) groups excluding carboxylic acids is 1. The van der Waals surface area contributed by atoms with Gasteiger partial charge in [0.2, 0.25) is 5.91 Å². The standard InChI is InChI=1S/C14H20ClN3O2/c1-16-8-10-7-11(15)3-4-12(10)18-5-6-20-9-13(18)14(19)17-2/h3-4,7,13,16H,5-6,8-9H2,1-2H3,(H,17,19). The molecule has 1 atom stereocenters. The number of amides is 1. The van der Waals surface area contributed by atoms with Crippen LogP contribution in [0.4, 0.5) is 5.69 Å². The summed E-state index contributed by atoms with van der Waals surface area (Å²) in [6, 6.07) is 5.46. The quantitative estimate of drug-likeness (QED) is 0.871. The lowest BCUT2D eigenvalue weighted by Crippen LogP contribution is -2.53. The van der Waals surface area contributed by atoms with Crippen molar-refractivity contribution in [2.45, 2.75) is 12.6 Å².